The summed E-state index contributed by atoms with van der Waals surface area (Å²) in [6, 6.07) is 1.46. The van der Waals surface area contributed by atoms with E-state index in [1.807, 2.05) is 6.92 Å². The molecule has 2 aromatic rings. The SMILES string of the molecule is CCc1nn(C)c(CC(O)c2ccncc2F)c1Cl. The molecule has 0 bridgehead atoms. The third-order valence-corrected chi connectivity index (χ3v) is 3.49. The van der Waals surface area contributed by atoms with E-state index in [1.54, 1.807) is 11.7 Å². The van der Waals surface area contributed by atoms with Crippen LogP contribution in [0.2, 0.25) is 5.02 Å². The van der Waals surface area contributed by atoms with Gasteiger partial charge < -0.3 is 5.11 Å². The summed E-state index contributed by atoms with van der Waals surface area (Å²) in [5.74, 6) is -0.524. The Morgan fingerprint density at radius 3 is 2.84 bits per heavy atom. The van der Waals surface area contributed by atoms with Gasteiger partial charge in [-0.2, -0.15) is 5.10 Å². The molecule has 2 rings (SSSR count). The molecule has 0 radical (unpaired) electrons. The first-order valence-corrected chi connectivity index (χ1v) is 6.40. The number of hydrogen-bond donors (Lipinski definition) is 1. The topological polar surface area (TPSA) is 50.9 Å². The Morgan fingerprint density at radius 2 is 2.26 bits per heavy atom. The second-order valence-corrected chi connectivity index (χ2v) is 4.68. The lowest BCUT2D eigenvalue weighted by molar-refractivity contribution is 0.171. The molecule has 2 aromatic heterocycles. The van der Waals surface area contributed by atoms with Crippen molar-refractivity contribution in [1.82, 2.24) is 14.8 Å². The summed E-state index contributed by atoms with van der Waals surface area (Å²) in [4.78, 5) is 3.66. The number of aliphatic hydroxyl groups excluding tert-OH is 1. The van der Waals surface area contributed by atoms with Gasteiger partial charge in [-0.25, -0.2) is 4.39 Å². The first kappa shape index (κ1) is 14.0. The third kappa shape index (κ3) is 2.77. The molecule has 102 valence electrons. The fourth-order valence-corrected chi connectivity index (χ4v) is 2.36. The van der Waals surface area contributed by atoms with Crippen molar-refractivity contribution >= 4 is 11.6 Å². The number of aromatic nitrogens is 3. The zero-order valence-corrected chi connectivity index (χ0v) is 11.5. The average molecular weight is 284 g/mol. The Kier molecular flexibility index (Phi) is 4.17. The van der Waals surface area contributed by atoms with Gasteiger partial charge in [0, 0.05) is 25.2 Å². The van der Waals surface area contributed by atoms with Gasteiger partial charge in [-0.15, -0.1) is 0 Å². The van der Waals surface area contributed by atoms with Crippen LogP contribution in [0.4, 0.5) is 4.39 Å². The van der Waals surface area contributed by atoms with Gasteiger partial charge in [-0.1, -0.05) is 18.5 Å². The molecule has 6 heteroatoms. The predicted molar refractivity (Wildman–Crippen MR) is 70.5 cm³/mol. The lowest BCUT2D eigenvalue weighted by Crippen LogP contribution is -2.08. The van der Waals surface area contributed by atoms with Gasteiger partial charge in [-0.05, 0) is 12.5 Å². The summed E-state index contributed by atoms with van der Waals surface area (Å²) in [5, 5.41) is 14.9. The Balaban J connectivity index is 2.27. The third-order valence-electron chi connectivity index (χ3n) is 3.05. The number of hydrogen-bond acceptors (Lipinski definition) is 3. The van der Waals surface area contributed by atoms with Gasteiger partial charge in [-0.3, -0.25) is 9.67 Å². The standard InChI is InChI=1S/C13H15ClFN3O/c1-3-10-13(14)11(18(2)17-10)6-12(19)8-4-5-16-7-9(8)15/h4-5,7,12,19H,3,6H2,1-2H3. The minimum atomic E-state index is -0.972. The molecule has 2 heterocycles. The summed E-state index contributed by atoms with van der Waals surface area (Å²) in [6.07, 6.45) is 2.49. The first-order valence-electron chi connectivity index (χ1n) is 6.02. The van der Waals surface area contributed by atoms with Crippen LogP contribution in [0.25, 0.3) is 0 Å². The van der Waals surface area contributed by atoms with Crippen molar-refractivity contribution in [3.05, 3.63) is 46.3 Å². The molecule has 19 heavy (non-hydrogen) atoms. The molecule has 1 atom stereocenters. The maximum atomic E-state index is 13.5. The highest BCUT2D eigenvalue weighted by atomic mass is 35.5. The van der Waals surface area contributed by atoms with Crippen molar-refractivity contribution in [3.63, 3.8) is 0 Å². The van der Waals surface area contributed by atoms with E-state index >= 15 is 0 Å². The van der Waals surface area contributed by atoms with E-state index in [0.717, 1.165) is 11.9 Å². The summed E-state index contributed by atoms with van der Waals surface area (Å²) in [7, 11) is 1.76. The summed E-state index contributed by atoms with van der Waals surface area (Å²) in [5.41, 5.74) is 1.69. The summed E-state index contributed by atoms with van der Waals surface area (Å²) >= 11 is 6.20. The molecule has 0 amide bonds. The lowest BCUT2D eigenvalue weighted by Gasteiger charge is -2.12. The molecule has 0 fully saturated rings. The molecular formula is C13H15ClFN3O. The van der Waals surface area contributed by atoms with E-state index in [-0.39, 0.29) is 12.0 Å². The maximum Gasteiger partial charge on any atom is 0.147 e. The van der Waals surface area contributed by atoms with E-state index in [9.17, 15) is 9.50 Å². The van der Waals surface area contributed by atoms with E-state index in [0.29, 0.717) is 17.1 Å². The minimum Gasteiger partial charge on any atom is -0.388 e. The van der Waals surface area contributed by atoms with E-state index in [4.69, 9.17) is 11.6 Å². The van der Waals surface area contributed by atoms with Gasteiger partial charge in [0.25, 0.3) is 0 Å². The van der Waals surface area contributed by atoms with Crippen LogP contribution in [0.1, 0.15) is 30.0 Å². The molecule has 0 saturated carbocycles. The Bertz CT molecular complexity index is 585. The molecule has 1 unspecified atom stereocenters. The second kappa shape index (κ2) is 5.67. The second-order valence-electron chi connectivity index (χ2n) is 4.30. The molecular weight excluding hydrogens is 269 g/mol. The van der Waals surface area contributed by atoms with E-state index in [1.165, 1.54) is 12.3 Å². The van der Waals surface area contributed by atoms with Crippen LogP contribution >= 0.6 is 11.6 Å². The highest BCUT2D eigenvalue weighted by molar-refractivity contribution is 6.31. The fraction of sp³-hybridized carbons (Fsp3) is 0.385. The molecule has 0 aliphatic carbocycles. The van der Waals surface area contributed by atoms with Gasteiger partial charge in [0.2, 0.25) is 0 Å². The number of nitrogens with zero attached hydrogens (tertiary/aromatic N) is 3. The normalized spacial score (nSPS) is 12.7. The summed E-state index contributed by atoms with van der Waals surface area (Å²) < 4.78 is 15.2. The quantitative estimate of drug-likeness (QED) is 0.938. The number of rotatable bonds is 4. The van der Waals surface area contributed by atoms with Gasteiger partial charge in [0.1, 0.15) is 5.82 Å². The predicted octanol–water partition coefficient (Wildman–Crippen LogP) is 2.45. The zero-order valence-electron chi connectivity index (χ0n) is 10.8. The average Bonchev–Trinajstić information content (AvgIpc) is 2.66. The number of pyridine rings is 1. The Labute approximate surface area is 115 Å². The lowest BCUT2D eigenvalue weighted by atomic mass is 10.1. The first-order chi connectivity index (χ1) is 9.04. The molecule has 0 aliphatic rings. The molecule has 0 aromatic carbocycles. The smallest absolute Gasteiger partial charge is 0.147 e. The van der Waals surface area contributed by atoms with Crippen LogP contribution in [0, 0.1) is 5.82 Å². The van der Waals surface area contributed by atoms with E-state index < -0.39 is 11.9 Å². The van der Waals surface area contributed by atoms with Crippen LogP contribution in [-0.4, -0.2) is 19.9 Å². The Morgan fingerprint density at radius 1 is 1.53 bits per heavy atom. The molecule has 0 aliphatic heterocycles. The van der Waals surface area contributed by atoms with Crippen LogP contribution in [0.15, 0.2) is 18.5 Å². The zero-order chi connectivity index (χ0) is 14.0. The Hall–Kier alpha value is -1.46. The molecule has 4 nitrogen and oxygen atoms in total. The molecule has 0 saturated heterocycles. The minimum absolute atomic E-state index is 0.212. The van der Waals surface area contributed by atoms with Gasteiger partial charge in [0.15, 0.2) is 0 Å². The molecule has 0 spiro atoms. The highest BCUT2D eigenvalue weighted by Gasteiger charge is 2.19. The summed E-state index contributed by atoms with van der Waals surface area (Å²) in [6.45, 7) is 1.96. The van der Waals surface area contributed by atoms with Crippen molar-refractivity contribution in [3.8, 4) is 0 Å². The molecule has 1 N–H and O–H groups in total. The largest absolute Gasteiger partial charge is 0.388 e. The van der Waals surface area contributed by atoms with Gasteiger partial charge in [0.05, 0.1) is 28.7 Å². The number of halogens is 2. The van der Waals surface area contributed by atoms with Crippen molar-refractivity contribution in [2.24, 2.45) is 7.05 Å². The maximum absolute atomic E-state index is 13.5. The van der Waals surface area contributed by atoms with Crippen molar-refractivity contribution in [2.75, 3.05) is 0 Å². The number of aryl methyl sites for hydroxylation is 2. The fourth-order valence-electron chi connectivity index (χ4n) is 1.99. The van der Waals surface area contributed by atoms with Crippen LogP contribution in [0.3, 0.4) is 0 Å². The number of aliphatic hydroxyl groups is 1. The van der Waals surface area contributed by atoms with Crippen LogP contribution in [0.5, 0.6) is 0 Å². The van der Waals surface area contributed by atoms with Gasteiger partial charge >= 0.3 is 0 Å². The monoisotopic (exact) mass is 283 g/mol. The van der Waals surface area contributed by atoms with Crippen LogP contribution < -0.4 is 0 Å². The van der Waals surface area contributed by atoms with Crippen LogP contribution in [-0.2, 0) is 19.9 Å². The van der Waals surface area contributed by atoms with Crippen molar-refractivity contribution in [2.45, 2.75) is 25.9 Å². The van der Waals surface area contributed by atoms with Crippen molar-refractivity contribution in [1.29, 1.82) is 0 Å². The highest BCUT2D eigenvalue weighted by Crippen LogP contribution is 2.27. The van der Waals surface area contributed by atoms with Crippen molar-refractivity contribution < 1.29 is 9.50 Å². The van der Waals surface area contributed by atoms with E-state index in [2.05, 4.69) is 10.1 Å².